The van der Waals surface area contributed by atoms with E-state index in [9.17, 15) is 14.7 Å². The fourth-order valence-corrected chi connectivity index (χ4v) is 3.33. The lowest BCUT2D eigenvalue weighted by molar-refractivity contribution is -0.144. The van der Waals surface area contributed by atoms with Gasteiger partial charge in [0.15, 0.2) is 0 Å². The summed E-state index contributed by atoms with van der Waals surface area (Å²) in [6.45, 7) is 1.41. The lowest BCUT2D eigenvalue weighted by Crippen LogP contribution is -2.41. The molecule has 96 valence electrons. The SMILES string of the molecule is CNC(=O)CCN1CC2CCCC2C1C(=O)O. The Morgan fingerprint density at radius 1 is 1.41 bits per heavy atom. The first-order valence-electron chi connectivity index (χ1n) is 6.31. The lowest BCUT2D eigenvalue weighted by atomic mass is 9.94. The molecule has 1 aliphatic heterocycles. The molecular weight excluding hydrogens is 220 g/mol. The van der Waals surface area contributed by atoms with Gasteiger partial charge in [-0.1, -0.05) is 6.42 Å². The first-order valence-corrected chi connectivity index (χ1v) is 6.31. The van der Waals surface area contributed by atoms with Crippen LogP contribution in [0.4, 0.5) is 0 Å². The van der Waals surface area contributed by atoms with Crippen LogP contribution in [0.15, 0.2) is 0 Å². The molecule has 0 bridgehead atoms. The highest BCUT2D eigenvalue weighted by Crippen LogP contribution is 2.42. The lowest BCUT2D eigenvalue weighted by Gasteiger charge is -2.23. The first kappa shape index (κ1) is 12.4. The second-order valence-electron chi connectivity index (χ2n) is 5.06. The van der Waals surface area contributed by atoms with Crippen LogP contribution in [0, 0.1) is 11.8 Å². The van der Waals surface area contributed by atoms with E-state index in [0.717, 1.165) is 25.8 Å². The van der Waals surface area contributed by atoms with Crippen molar-refractivity contribution >= 4 is 11.9 Å². The van der Waals surface area contributed by atoms with E-state index in [2.05, 4.69) is 5.32 Å². The summed E-state index contributed by atoms with van der Waals surface area (Å²) in [4.78, 5) is 24.5. The molecule has 0 aromatic heterocycles. The van der Waals surface area contributed by atoms with Crippen molar-refractivity contribution < 1.29 is 14.7 Å². The van der Waals surface area contributed by atoms with Crippen molar-refractivity contribution in [1.82, 2.24) is 10.2 Å². The number of hydrogen-bond acceptors (Lipinski definition) is 3. The Kier molecular flexibility index (Phi) is 3.66. The molecule has 5 nitrogen and oxygen atoms in total. The summed E-state index contributed by atoms with van der Waals surface area (Å²) >= 11 is 0. The van der Waals surface area contributed by atoms with Gasteiger partial charge in [-0.2, -0.15) is 0 Å². The van der Waals surface area contributed by atoms with Crippen LogP contribution >= 0.6 is 0 Å². The van der Waals surface area contributed by atoms with Crippen molar-refractivity contribution in [2.75, 3.05) is 20.1 Å². The van der Waals surface area contributed by atoms with Crippen LogP contribution in [0.3, 0.4) is 0 Å². The minimum atomic E-state index is -0.726. The van der Waals surface area contributed by atoms with E-state index in [1.54, 1.807) is 7.05 Å². The van der Waals surface area contributed by atoms with Crippen molar-refractivity contribution in [3.05, 3.63) is 0 Å². The van der Waals surface area contributed by atoms with Gasteiger partial charge in [-0.05, 0) is 24.7 Å². The summed E-state index contributed by atoms with van der Waals surface area (Å²) < 4.78 is 0. The molecule has 5 heteroatoms. The summed E-state index contributed by atoms with van der Waals surface area (Å²) in [7, 11) is 1.61. The number of carboxylic acids is 1. The molecule has 0 aromatic carbocycles. The highest BCUT2D eigenvalue weighted by molar-refractivity contribution is 5.76. The summed E-state index contributed by atoms with van der Waals surface area (Å²) in [6, 6.07) is -0.368. The summed E-state index contributed by atoms with van der Waals surface area (Å²) in [5.41, 5.74) is 0. The number of amides is 1. The van der Waals surface area contributed by atoms with Crippen molar-refractivity contribution in [2.24, 2.45) is 11.8 Å². The van der Waals surface area contributed by atoms with Gasteiger partial charge in [0.2, 0.25) is 5.91 Å². The van der Waals surface area contributed by atoms with Gasteiger partial charge in [-0.3, -0.25) is 14.5 Å². The Hall–Kier alpha value is -1.10. The maximum atomic E-state index is 11.3. The Balaban J connectivity index is 1.97. The molecule has 2 N–H and O–H groups in total. The van der Waals surface area contributed by atoms with Crippen molar-refractivity contribution in [1.29, 1.82) is 0 Å². The normalized spacial score (nSPS) is 32.4. The van der Waals surface area contributed by atoms with Gasteiger partial charge in [0.05, 0.1) is 0 Å². The third-order valence-corrected chi connectivity index (χ3v) is 4.14. The van der Waals surface area contributed by atoms with Crippen LogP contribution in [0.25, 0.3) is 0 Å². The fraction of sp³-hybridized carbons (Fsp3) is 0.833. The standard InChI is InChI=1S/C12H20N2O3/c1-13-10(15)5-6-14-7-8-3-2-4-9(8)11(14)12(16)17/h8-9,11H,2-7H2,1H3,(H,13,15)(H,16,17). The monoisotopic (exact) mass is 240 g/mol. The van der Waals surface area contributed by atoms with E-state index in [0.29, 0.717) is 24.8 Å². The molecule has 2 rings (SSSR count). The number of carboxylic acid groups (broad SMARTS) is 1. The maximum Gasteiger partial charge on any atom is 0.321 e. The zero-order valence-corrected chi connectivity index (χ0v) is 10.2. The minimum absolute atomic E-state index is 0.0220. The number of aliphatic carboxylic acids is 1. The van der Waals surface area contributed by atoms with E-state index in [1.807, 2.05) is 4.90 Å². The van der Waals surface area contributed by atoms with E-state index in [4.69, 9.17) is 0 Å². The molecule has 1 heterocycles. The Bertz CT molecular complexity index is 319. The summed E-state index contributed by atoms with van der Waals surface area (Å²) in [5.74, 6) is 0.0838. The van der Waals surface area contributed by atoms with Crippen LogP contribution in [0.5, 0.6) is 0 Å². The molecule has 0 radical (unpaired) electrons. The second-order valence-corrected chi connectivity index (χ2v) is 5.06. The summed E-state index contributed by atoms with van der Waals surface area (Å²) in [6.07, 6.45) is 3.71. The van der Waals surface area contributed by atoms with Gasteiger partial charge in [-0.25, -0.2) is 0 Å². The van der Waals surface area contributed by atoms with E-state index in [1.165, 1.54) is 0 Å². The average Bonchev–Trinajstić information content (AvgIpc) is 2.84. The number of likely N-dealkylation sites (tertiary alicyclic amines) is 1. The zero-order valence-electron chi connectivity index (χ0n) is 10.2. The predicted octanol–water partition coefficient (Wildman–Crippen LogP) is 0.308. The number of nitrogens with one attached hydrogen (secondary N) is 1. The molecular formula is C12H20N2O3. The number of carbonyl (C=O) groups is 2. The van der Waals surface area contributed by atoms with Gasteiger partial charge in [0.1, 0.15) is 6.04 Å². The van der Waals surface area contributed by atoms with Gasteiger partial charge in [0.25, 0.3) is 0 Å². The second kappa shape index (κ2) is 5.04. The largest absolute Gasteiger partial charge is 0.480 e. The first-order chi connectivity index (χ1) is 8.13. The number of nitrogens with zero attached hydrogens (tertiary/aromatic N) is 1. The van der Waals surface area contributed by atoms with E-state index in [-0.39, 0.29) is 11.9 Å². The molecule has 3 atom stereocenters. The number of carbonyl (C=O) groups excluding carboxylic acids is 1. The van der Waals surface area contributed by atoms with Gasteiger partial charge >= 0.3 is 5.97 Å². The molecule has 1 saturated carbocycles. The number of rotatable bonds is 4. The van der Waals surface area contributed by atoms with Gasteiger partial charge in [-0.15, -0.1) is 0 Å². The third kappa shape index (κ3) is 2.44. The average molecular weight is 240 g/mol. The van der Waals surface area contributed by atoms with Crippen LogP contribution in [-0.4, -0.2) is 48.1 Å². The topological polar surface area (TPSA) is 69.6 Å². The molecule has 2 aliphatic rings. The van der Waals surface area contributed by atoms with Crippen LogP contribution in [0.2, 0.25) is 0 Å². The van der Waals surface area contributed by atoms with Crippen LogP contribution < -0.4 is 5.32 Å². The van der Waals surface area contributed by atoms with Crippen molar-refractivity contribution in [2.45, 2.75) is 31.7 Å². The number of hydrogen-bond donors (Lipinski definition) is 2. The third-order valence-electron chi connectivity index (χ3n) is 4.14. The quantitative estimate of drug-likeness (QED) is 0.742. The molecule has 0 spiro atoms. The zero-order chi connectivity index (χ0) is 12.4. The van der Waals surface area contributed by atoms with E-state index < -0.39 is 5.97 Å². The molecule has 0 aromatic rings. The van der Waals surface area contributed by atoms with Crippen molar-refractivity contribution in [3.63, 3.8) is 0 Å². The highest BCUT2D eigenvalue weighted by Gasteiger charge is 2.47. The Labute approximate surface area is 101 Å². The van der Waals surface area contributed by atoms with Crippen LogP contribution in [0.1, 0.15) is 25.7 Å². The molecule has 1 saturated heterocycles. The highest BCUT2D eigenvalue weighted by atomic mass is 16.4. The minimum Gasteiger partial charge on any atom is -0.480 e. The molecule has 1 aliphatic carbocycles. The Morgan fingerprint density at radius 3 is 2.82 bits per heavy atom. The van der Waals surface area contributed by atoms with Gasteiger partial charge < -0.3 is 10.4 Å². The maximum absolute atomic E-state index is 11.3. The summed E-state index contributed by atoms with van der Waals surface area (Å²) in [5, 5.41) is 11.9. The molecule has 3 unspecified atom stereocenters. The fourth-order valence-electron chi connectivity index (χ4n) is 3.33. The smallest absolute Gasteiger partial charge is 0.321 e. The molecule has 1 amide bonds. The number of fused-ring (bicyclic) bond motifs is 1. The molecule has 2 fully saturated rings. The predicted molar refractivity (Wildman–Crippen MR) is 62.5 cm³/mol. The van der Waals surface area contributed by atoms with Crippen molar-refractivity contribution in [3.8, 4) is 0 Å². The van der Waals surface area contributed by atoms with E-state index >= 15 is 0 Å². The molecule has 17 heavy (non-hydrogen) atoms. The van der Waals surface area contributed by atoms with Gasteiger partial charge in [0, 0.05) is 26.6 Å². The van der Waals surface area contributed by atoms with Crippen LogP contribution in [-0.2, 0) is 9.59 Å². The Morgan fingerprint density at radius 2 is 2.18 bits per heavy atom.